The molecule has 1 amide bonds. The lowest BCUT2D eigenvalue weighted by Crippen LogP contribution is -2.26. The van der Waals surface area contributed by atoms with Gasteiger partial charge < -0.3 is 10.1 Å². The minimum atomic E-state index is -0.106. The minimum Gasteiger partial charge on any atom is -0.375 e. The largest absolute Gasteiger partial charge is 0.375 e. The quantitative estimate of drug-likeness (QED) is 0.740. The molecule has 0 radical (unpaired) electrons. The predicted molar refractivity (Wildman–Crippen MR) is 45.8 cm³/mol. The summed E-state index contributed by atoms with van der Waals surface area (Å²) in [6, 6.07) is 0. The van der Waals surface area contributed by atoms with E-state index in [1.165, 1.54) is 18.4 Å². The molecule has 0 aliphatic rings. The number of hydrogen-bond acceptors (Lipinski definition) is 4. The molecule has 0 fully saturated rings. The Morgan fingerprint density at radius 1 is 1.83 bits per heavy atom. The number of amides is 1. The van der Waals surface area contributed by atoms with Crippen molar-refractivity contribution >= 4 is 17.2 Å². The number of carbonyl (C=O) groups is 1. The fraction of sp³-hybridized carbons (Fsp3) is 0.429. The molecule has 66 valence electrons. The average molecular weight is 186 g/mol. The highest BCUT2D eigenvalue weighted by Gasteiger charge is 1.99. The van der Waals surface area contributed by atoms with Crippen molar-refractivity contribution in [2.75, 3.05) is 13.7 Å². The molecule has 5 heteroatoms. The van der Waals surface area contributed by atoms with E-state index >= 15 is 0 Å². The normalized spacial score (nSPS) is 9.75. The van der Waals surface area contributed by atoms with Crippen LogP contribution in [0.4, 0.5) is 0 Å². The first kappa shape index (κ1) is 9.15. The number of rotatable bonds is 4. The van der Waals surface area contributed by atoms with Crippen LogP contribution in [-0.4, -0.2) is 24.6 Å². The van der Waals surface area contributed by atoms with Gasteiger partial charge in [-0.15, -0.1) is 11.3 Å². The van der Waals surface area contributed by atoms with E-state index in [0.717, 1.165) is 4.88 Å². The standard InChI is InChI=1S/C7H10N2O2S/c1-11-4-7(10)9-3-6-2-8-5-12-6/h2,5H,3-4H2,1H3,(H,9,10). The van der Waals surface area contributed by atoms with Crippen LogP contribution in [0.25, 0.3) is 0 Å². The van der Waals surface area contributed by atoms with Crippen molar-refractivity contribution in [1.82, 2.24) is 10.3 Å². The lowest BCUT2D eigenvalue weighted by molar-refractivity contribution is -0.124. The first-order chi connectivity index (χ1) is 5.83. The van der Waals surface area contributed by atoms with Crippen molar-refractivity contribution in [3.63, 3.8) is 0 Å². The van der Waals surface area contributed by atoms with Gasteiger partial charge in [-0.1, -0.05) is 0 Å². The summed E-state index contributed by atoms with van der Waals surface area (Å²) in [6.07, 6.45) is 1.73. The second-order valence-electron chi connectivity index (χ2n) is 2.18. The number of methoxy groups -OCH3 is 1. The molecule has 0 spiro atoms. The van der Waals surface area contributed by atoms with Gasteiger partial charge in [0.05, 0.1) is 12.1 Å². The fourth-order valence-electron chi connectivity index (χ4n) is 0.697. The first-order valence-electron chi connectivity index (χ1n) is 3.46. The molecule has 0 atom stereocenters. The van der Waals surface area contributed by atoms with Crippen LogP contribution in [0.2, 0.25) is 0 Å². The smallest absolute Gasteiger partial charge is 0.246 e. The van der Waals surface area contributed by atoms with Crippen LogP contribution >= 0.6 is 11.3 Å². The van der Waals surface area contributed by atoms with Crippen molar-refractivity contribution in [2.24, 2.45) is 0 Å². The molecule has 0 unspecified atom stereocenters. The highest BCUT2D eigenvalue weighted by atomic mass is 32.1. The van der Waals surface area contributed by atoms with Crippen LogP contribution in [0.15, 0.2) is 11.7 Å². The Labute approximate surface area is 74.6 Å². The summed E-state index contributed by atoms with van der Waals surface area (Å²) >= 11 is 1.52. The van der Waals surface area contributed by atoms with Gasteiger partial charge in [-0.05, 0) is 0 Å². The lowest BCUT2D eigenvalue weighted by atomic mass is 10.5. The van der Waals surface area contributed by atoms with E-state index in [2.05, 4.69) is 15.0 Å². The zero-order valence-electron chi connectivity index (χ0n) is 6.74. The second-order valence-corrected chi connectivity index (χ2v) is 3.15. The molecule has 1 aromatic rings. The second kappa shape index (κ2) is 4.84. The molecule has 0 aliphatic heterocycles. The topological polar surface area (TPSA) is 51.2 Å². The Bertz CT molecular complexity index is 236. The van der Waals surface area contributed by atoms with Gasteiger partial charge in [0.1, 0.15) is 6.61 Å². The highest BCUT2D eigenvalue weighted by Crippen LogP contribution is 2.03. The van der Waals surface area contributed by atoms with Crippen molar-refractivity contribution in [3.8, 4) is 0 Å². The maximum absolute atomic E-state index is 10.9. The van der Waals surface area contributed by atoms with Crippen LogP contribution in [0.3, 0.4) is 0 Å². The lowest BCUT2D eigenvalue weighted by Gasteiger charge is -2.00. The number of carbonyl (C=O) groups excluding carboxylic acids is 1. The molecule has 1 aromatic heterocycles. The van der Waals surface area contributed by atoms with Crippen LogP contribution in [0.1, 0.15) is 4.88 Å². The molecule has 12 heavy (non-hydrogen) atoms. The van der Waals surface area contributed by atoms with Gasteiger partial charge in [0.25, 0.3) is 0 Å². The molecule has 1 heterocycles. The average Bonchev–Trinajstić information content (AvgIpc) is 2.53. The molecule has 0 bridgehead atoms. The summed E-state index contributed by atoms with van der Waals surface area (Å²) in [5.74, 6) is -0.106. The van der Waals surface area contributed by atoms with E-state index < -0.39 is 0 Å². The summed E-state index contributed by atoms with van der Waals surface area (Å²) in [4.78, 5) is 15.8. The van der Waals surface area contributed by atoms with E-state index in [1.54, 1.807) is 11.7 Å². The van der Waals surface area contributed by atoms with Crippen LogP contribution in [-0.2, 0) is 16.1 Å². The third-order valence-electron chi connectivity index (χ3n) is 1.22. The van der Waals surface area contributed by atoms with E-state index in [1.807, 2.05) is 0 Å². The predicted octanol–water partition coefficient (Wildman–Crippen LogP) is 0.406. The van der Waals surface area contributed by atoms with Crippen molar-refractivity contribution < 1.29 is 9.53 Å². The number of nitrogens with zero attached hydrogens (tertiary/aromatic N) is 1. The fourth-order valence-corrected chi connectivity index (χ4v) is 1.23. The molecule has 0 saturated carbocycles. The van der Waals surface area contributed by atoms with Gasteiger partial charge in [0.2, 0.25) is 5.91 Å². The monoisotopic (exact) mass is 186 g/mol. The molecule has 0 aliphatic carbocycles. The van der Waals surface area contributed by atoms with Crippen molar-refractivity contribution in [2.45, 2.75) is 6.54 Å². The third-order valence-corrected chi connectivity index (χ3v) is 2.00. The Balaban J connectivity index is 2.22. The van der Waals surface area contributed by atoms with E-state index in [9.17, 15) is 4.79 Å². The number of ether oxygens (including phenoxy) is 1. The SMILES string of the molecule is COCC(=O)NCc1cncs1. The highest BCUT2D eigenvalue weighted by molar-refractivity contribution is 7.09. The Morgan fingerprint density at radius 3 is 3.25 bits per heavy atom. The first-order valence-corrected chi connectivity index (χ1v) is 4.34. The van der Waals surface area contributed by atoms with Crippen molar-refractivity contribution in [3.05, 3.63) is 16.6 Å². The van der Waals surface area contributed by atoms with E-state index in [-0.39, 0.29) is 12.5 Å². The Kier molecular flexibility index (Phi) is 3.69. The van der Waals surface area contributed by atoms with Crippen LogP contribution in [0, 0.1) is 0 Å². The van der Waals surface area contributed by atoms with Gasteiger partial charge in [0.15, 0.2) is 0 Å². The maximum Gasteiger partial charge on any atom is 0.246 e. The summed E-state index contributed by atoms with van der Waals surface area (Å²) < 4.78 is 4.65. The van der Waals surface area contributed by atoms with Gasteiger partial charge in [0, 0.05) is 18.2 Å². The van der Waals surface area contributed by atoms with Gasteiger partial charge in [-0.3, -0.25) is 9.78 Å². The molecule has 4 nitrogen and oxygen atoms in total. The van der Waals surface area contributed by atoms with Gasteiger partial charge in [-0.2, -0.15) is 0 Å². The number of nitrogens with one attached hydrogen (secondary N) is 1. The molecule has 0 saturated heterocycles. The third kappa shape index (κ3) is 2.98. The summed E-state index contributed by atoms with van der Waals surface area (Å²) in [5, 5.41) is 2.69. The van der Waals surface area contributed by atoms with Crippen LogP contribution in [0.5, 0.6) is 0 Å². The van der Waals surface area contributed by atoms with Crippen molar-refractivity contribution in [1.29, 1.82) is 0 Å². The molecule has 1 N–H and O–H groups in total. The van der Waals surface area contributed by atoms with E-state index in [4.69, 9.17) is 0 Å². The zero-order chi connectivity index (χ0) is 8.81. The Hall–Kier alpha value is -0.940. The summed E-state index contributed by atoms with van der Waals surface area (Å²) in [7, 11) is 1.49. The number of aromatic nitrogens is 1. The van der Waals surface area contributed by atoms with Gasteiger partial charge >= 0.3 is 0 Å². The zero-order valence-corrected chi connectivity index (χ0v) is 7.56. The molecule has 0 aromatic carbocycles. The maximum atomic E-state index is 10.9. The van der Waals surface area contributed by atoms with Crippen LogP contribution < -0.4 is 5.32 Å². The minimum absolute atomic E-state index is 0.106. The van der Waals surface area contributed by atoms with Gasteiger partial charge in [-0.25, -0.2) is 0 Å². The number of hydrogen-bond donors (Lipinski definition) is 1. The number of thiazole rings is 1. The molecule has 1 rings (SSSR count). The molecular weight excluding hydrogens is 176 g/mol. The molecular formula is C7H10N2O2S. The van der Waals surface area contributed by atoms with E-state index in [0.29, 0.717) is 6.54 Å². The Morgan fingerprint density at radius 2 is 2.67 bits per heavy atom. The summed E-state index contributed by atoms with van der Waals surface area (Å²) in [5.41, 5.74) is 1.73. The summed E-state index contributed by atoms with van der Waals surface area (Å²) in [6.45, 7) is 0.645.